The molecule has 0 radical (unpaired) electrons. The van der Waals surface area contributed by atoms with Crippen molar-refractivity contribution in [1.82, 2.24) is 10.2 Å². The van der Waals surface area contributed by atoms with E-state index >= 15 is 0 Å². The van der Waals surface area contributed by atoms with Crippen molar-refractivity contribution in [2.45, 2.75) is 30.0 Å². The zero-order valence-electron chi connectivity index (χ0n) is 11.5. The molecule has 0 aromatic carbocycles. The summed E-state index contributed by atoms with van der Waals surface area (Å²) in [6.45, 7) is 0.0862. The Hall–Kier alpha value is -1.98. The van der Waals surface area contributed by atoms with Gasteiger partial charge < -0.3 is 42.4 Å². The number of hydrogen-bond acceptors (Lipinski definition) is 10. The number of carbonyl (C=O) groups excluding carboxylic acids is 1. The van der Waals surface area contributed by atoms with Crippen LogP contribution in [0.15, 0.2) is 9.98 Å². The summed E-state index contributed by atoms with van der Waals surface area (Å²) in [6, 6.07) is -1.50. The molecule has 3 atom stereocenters. The molecule has 9 N–H and O–H groups in total. The number of ether oxygens (including phenoxy) is 1. The van der Waals surface area contributed by atoms with Crippen LogP contribution in [0.1, 0.15) is 6.42 Å². The Morgan fingerprint density at radius 2 is 2.14 bits per heavy atom. The minimum atomic E-state index is -2.12. The second kappa shape index (κ2) is 5.04. The van der Waals surface area contributed by atoms with Crippen LogP contribution in [0.5, 0.6) is 0 Å². The van der Waals surface area contributed by atoms with Crippen molar-refractivity contribution < 1.29 is 19.7 Å². The molecule has 1 saturated heterocycles. The van der Waals surface area contributed by atoms with Crippen molar-refractivity contribution in [3.8, 4) is 0 Å². The van der Waals surface area contributed by atoms with Gasteiger partial charge in [-0.15, -0.1) is 12.4 Å². The molecule has 12 heteroatoms. The lowest BCUT2D eigenvalue weighted by atomic mass is 9.87. The smallest absolute Gasteiger partial charge is 0.404 e. The van der Waals surface area contributed by atoms with Gasteiger partial charge >= 0.3 is 6.09 Å². The van der Waals surface area contributed by atoms with E-state index < -0.39 is 29.6 Å². The van der Waals surface area contributed by atoms with Gasteiger partial charge in [-0.1, -0.05) is 0 Å². The fourth-order valence-corrected chi connectivity index (χ4v) is 3.23. The number of rotatable bonds is 2. The van der Waals surface area contributed by atoms with E-state index in [1.54, 1.807) is 0 Å². The van der Waals surface area contributed by atoms with E-state index in [1.165, 1.54) is 4.90 Å². The van der Waals surface area contributed by atoms with E-state index in [0.29, 0.717) is 0 Å². The van der Waals surface area contributed by atoms with Crippen LogP contribution < -0.4 is 22.5 Å². The van der Waals surface area contributed by atoms with Gasteiger partial charge in [-0.3, -0.25) is 0 Å². The Morgan fingerprint density at radius 3 is 2.77 bits per heavy atom. The third-order valence-electron chi connectivity index (χ3n) is 4.08. The molecule has 0 saturated carbocycles. The average molecular weight is 336 g/mol. The number of primary amides is 1. The van der Waals surface area contributed by atoms with Crippen LogP contribution in [0.2, 0.25) is 0 Å². The van der Waals surface area contributed by atoms with E-state index in [0.717, 1.165) is 0 Å². The molecule has 1 amide bonds. The average Bonchev–Trinajstić information content (AvgIpc) is 2.85. The molecule has 124 valence electrons. The highest BCUT2D eigenvalue weighted by Crippen LogP contribution is 2.44. The fourth-order valence-electron chi connectivity index (χ4n) is 3.23. The first-order valence-corrected chi connectivity index (χ1v) is 6.37. The van der Waals surface area contributed by atoms with Gasteiger partial charge in [0.25, 0.3) is 0 Å². The molecule has 3 heterocycles. The molecule has 0 aliphatic carbocycles. The standard InChI is InChI=1S/C10H17N7O4.ClH/c11-6-15-5-4(3-21-8(13)18)14-7(12)17-2-1-9(19,20)10(5,17)16-6;/h4-5,19-20H,1-3H2,(H2,12,14)(H2,13,18)(H3,11,15,16);1H/t4-,5-,10-;/m0./s1. The topological polar surface area (TPSA) is 185 Å². The largest absolute Gasteiger partial charge is 0.447 e. The van der Waals surface area contributed by atoms with E-state index in [9.17, 15) is 15.0 Å². The van der Waals surface area contributed by atoms with Crippen LogP contribution in [0.4, 0.5) is 4.79 Å². The Balaban J connectivity index is 0.00000176. The van der Waals surface area contributed by atoms with Gasteiger partial charge in [0.15, 0.2) is 17.6 Å². The highest BCUT2D eigenvalue weighted by Gasteiger charge is 2.69. The second-order valence-corrected chi connectivity index (χ2v) is 5.25. The number of guanidine groups is 2. The van der Waals surface area contributed by atoms with Crippen molar-refractivity contribution in [3.63, 3.8) is 0 Å². The second-order valence-electron chi connectivity index (χ2n) is 5.25. The molecule has 22 heavy (non-hydrogen) atoms. The first-order chi connectivity index (χ1) is 9.78. The molecular weight excluding hydrogens is 318 g/mol. The molecule has 0 bridgehead atoms. The van der Waals surface area contributed by atoms with Gasteiger partial charge in [0.2, 0.25) is 5.79 Å². The number of amides is 1. The van der Waals surface area contributed by atoms with Crippen molar-refractivity contribution >= 4 is 30.4 Å². The zero-order valence-corrected chi connectivity index (χ0v) is 12.3. The zero-order chi connectivity index (χ0) is 15.4. The van der Waals surface area contributed by atoms with Gasteiger partial charge in [-0.2, -0.15) is 0 Å². The number of carbonyl (C=O) groups is 1. The summed E-state index contributed by atoms with van der Waals surface area (Å²) in [4.78, 5) is 20.6. The first-order valence-electron chi connectivity index (χ1n) is 6.37. The minimum absolute atomic E-state index is 0. The molecule has 11 nitrogen and oxygen atoms in total. The van der Waals surface area contributed by atoms with Crippen LogP contribution in [0.3, 0.4) is 0 Å². The molecule has 3 aliphatic rings. The van der Waals surface area contributed by atoms with Crippen molar-refractivity contribution in [1.29, 1.82) is 0 Å². The molecule has 1 spiro atoms. The molecule has 3 rings (SSSR count). The number of aliphatic imine (C=N–C) groups is 2. The molecule has 0 aromatic heterocycles. The summed E-state index contributed by atoms with van der Waals surface area (Å²) in [5.41, 5.74) is 15.1. The van der Waals surface area contributed by atoms with Gasteiger partial charge in [-0.05, 0) is 0 Å². The molecular formula is C10H18ClN7O4. The predicted octanol–water partition coefficient (Wildman–Crippen LogP) is -3.43. The molecule has 3 aliphatic heterocycles. The SMILES string of the molecule is Cl.NC(=O)OC[C@@H]1N=C(N)N2CCC(O)(O)[C@@]23NC(N)=N[C@@H]13. The normalized spacial score (nSPS) is 34.5. The monoisotopic (exact) mass is 335 g/mol. The Morgan fingerprint density at radius 1 is 1.45 bits per heavy atom. The number of aliphatic hydroxyl groups is 2. The maximum absolute atomic E-state index is 10.8. The van der Waals surface area contributed by atoms with E-state index in [4.69, 9.17) is 21.9 Å². The van der Waals surface area contributed by atoms with Gasteiger partial charge in [0, 0.05) is 13.0 Å². The summed E-state index contributed by atoms with van der Waals surface area (Å²) >= 11 is 0. The highest BCUT2D eigenvalue weighted by atomic mass is 35.5. The summed E-state index contributed by atoms with van der Waals surface area (Å²) in [6.07, 6.45) is -0.923. The maximum atomic E-state index is 10.8. The third kappa shape index (κ3) is 2.01. The summed E-state index contributed by atoms with van der Waals surface area (Å²) in [5, 5.41) is 23.5. The Bertz CT molecular complexity index is 553. The molecule has 0 aromatic rings. The predicted molar refractivity (Wildman–Crippen MR) is 78.0 cm³/mol. The van der Waals surface area contributed by atoms with Crippen molar-refractivity contribution in [2.75, 3.05) is 13.2 Å². The minimum Gasteiger partial charge on any atom is -0.447 e. The summed E-state index contributed by atoms with van der Waals surface area (Å²) in [5.74, 6) is -1.99. The van der Waals surface area contributed by atoms with Gasteiger partial charge in [0.05, 0.1) is 0 Å². The number of nitrogens with one attached hydrogen (secondary N) is 1. The van der Waals surface area contributed by atoms with E-state index in [1.807, 2.05) is 0 Å². The lowest BCUT2D eigenvalue weighted by molar-refractivity contribution is -0.221. The number of halogens is 1. The van der Waals surface area contributed by atoms with Crippen molar-refractivity contribution in [2.24, 2.45) is 27.2 Å². The summed E-state index contributed by atoms with van der Waals surface area (Å²) in [7, 11) is 0. The maximum Gasteiger partial charge on any atom is 0.404 e. The van der Waals surface area contributed by atoms with Crippen LogP contribution in [-0.2, 0) is 4.74 Å². The molecule has 1 fully saturated rings. The Kier molecular flexibility index (Phi) is 3.75. The third-order valence-corrected chi connectivity index (χ3v) is 4.08. The van der Waals surface area contributed by atoms with Crippen LogP contribution in [-0.4, -0.2) is 69.8 Å². The van der Waals surface area contributed by atoms with E-state index in [2.05, 4.69) is 15.3 Å². The lowest BCUT2D eigenvalue weighted by Crippen LogP contribution is -2.76. The van der Waals surface area contributed by atoms with Crippen molar-refractivity contribution in [3.05, 3.63) is 0 Å². The first kappa shape index (κ1) is 16.4. The Labute approximate surface area is 131 Å². The molecule has 0 unspecified atom stereocenters. The van der Waals surface area contributed by atoms with Crippen LogP contribution in [0.25, 0.3) is 0 Å². The number of nitrogens with zero attached hydrogens (tertiary/aromatic N) is 3. The summed E-state index contributed by atoms with van der Waals surface area (Å²) < 4.78 is 4.74. The van der Waals surface area contributed by atoms with Gasteiger partial charge in [-0.25, -0.2) is 14.8 Å². The van der Waals surface area contributed by atoms with E-state index in [-0.39, 0.29) is 43.9 Å². The quantitative estimate of drug-likeness (QED) is 0.281. The number of nitrogens with two attached hydrogens (primary N) is 3. The fraction of sp³-hybridized carbons (Fsp3) is 0.700. The van der Waals surface area contributed by atoms with Crippen LogP contribution in [0, 0.1) is 0 Å². The van der Waals surface area contributed by atoms with Crippen LogP contribution >= 0.6 is 12.4 Å². The lowest BCUT2D eigenvalue weighted by Gasteiger charge is -2.48. The van der Waals surface area contributed by atoms with Gasteiger partial charge in [0.1, 0.15) is 18.7 Å². The highest BCUT2D eigenvalue weighted by molar-refractivity contribution is 5.87. The number of hydrogen-bond donors (Lipinski definition) is 6.